The number of anilines is 2. The summed E-state index contributed by atoms with van der Waals surface area (Å²) < 4.78 is 5.30. The monoisotopic (exact) mass is 255 g/mol. The number of primary amides is 1. The molecule has 17 heavy (non-hydrogen) atoms. The van der Waals surface area contributed by atoms with Gasteiger partial charge >= 0.3 is 0 Å². The molecule has 4 N–H and O–H groups in total. The van der Waals surface area contributed by atoms with Crippen LogP contribution in [0.2, 0.25) is 0 Å². The van der Waals surface area contributed by atoms with Crippen LogP contribution in [-0.4, -0.2) is 26.1 Å². The summed E-state index contributed by atoms with van der Waals surface area (Å²) in [5.74, 6) is 0.0970. The van der Waals surface area contributed by atoms with E-state index in [-0.39, 0.29) is 0 Å². The van der Waals surface area contributed by atoms with Crippen molar-refractivity contribution in [3.63, 3.8) is 0 Å². The van der Waals surface area contributed by atoms with Gasteiger partial charge in [-0.15, -0.1) is 11.3 Å². The number of carbonyl (C=O) groups is 1. The van der Waals surface area contributed by atoms with Gasteiger partial charge in [0.2, 0.25) is 0 Å². The van der Waals surface area contributed by atoms with Crippen LogP contribution in [0.25, 0.3) is 0 Å². The first-order chi connectivity index (χ1) is 8.15. The Balaban J connectivity index is 2.38. The molecule has 6 heteroatoms. The summed E-state index contributed by atoms with van der Waals surface area (Å²) in [6.07, 6.45) is 3.57. The molecule has 0 radical (unpaired) electrons. The number of nitrogens with two attached hydrogens (primary N) is 2. The lowest BCUT2D eigenvalue weighted by molar-refractivity contribution is 0.100. The van der Waals surface area contributed by atoms with Crippen LogP contribution in [-0.2, 0) is 0 Å². The molecule has 0 saturated carbocycles. The predicted molar refractivity (Wildman–Crippen MR) is 69.9 cm³/mol. The number of carbonyl (C=O) groups excluding carboxylic acids is 1. The third-order valence-electron chi connectivity index (χ3n) is 2.95. The lowest BCUT2D eigenvalue weighted by Crippen LogP contribution is -2.28. The molecule has 0 bridgehead atoms. The Morgan fingerprint density at radius 1 is 1.35 bits per heavy atom. The minimum Gasteiger partial charge on any atom is -0.492 e. The largest absolute Gasteiger partial charge is 0.492 e. The van der Waals surface area contributed by atoms with E-state index in [9.17, 15) is 4.79 Å². The normalized spacial score (nSPS) is 15.9. The molecule has 1 aliphatic rings. The van der Waals surface area contributed by atoms with Crippen LogP contribution in [0, 0.1) is 0 Å². The summed E-state index contributed by atoms with van der Waals surface area (Å²) in [5, 5.41) is 0.929. The number of methoxy groups -OCH3 is 1. The van der Waals surface area contributed by atoms with Crippen molar-refractivity contribution in [1.82, 2.24) is 0 Å². The Morgan fingerprint density at radius 2 is 2.00 bits per heavy atom. The summed E-state index contributed by atoms with van der Waals surface area (Å²) >= 11 is 1.33. The molecule has 0 aliphatic carbocycles. The van der Waals surface area contributed by atoms with Crippen LogP contribution in [0.1, 0.15) is 28.9 Å². The van der Waals surface area contributed by atoms with Gasteiger partial charge in [0.25, 0.3) is 5.91 Å². The Kier molecular flexibility index (Phi) is 3.42. The second kappa shape index (κ2) is 4.83. The molecule has 2 rings (SSSR count). The molecule has 1 aliphatic heterocycles. The van der Waals surface area contributed by atoms with E-state index in [1.54, 1.807) is 7.11 Å². The van der Waals surface area contributed by atoms with E-state index in [1.165, 1.54) is 17.8 Å². The van der Waals surface area contributed by atoms with Crippen LogP contribution in [0.4, 0.5) is 10.7 Å². The van der Waals surface area contributed by atoms with E-state index in [1.807, 2.05) is 0 Å². The predicted octanol–water partition coefficient (Wildman–Crippen LogP) is 1.43. The molecule has 5 nitrogen and oxygen atoms in total. The van der Waals surface area contributed by atoms with Gasteiger partial charge in [0.1, 0.15) is 15.6 Å². The van der Waals surface area contributed by atoms with Crippen molar-refractivity contribution in [2.24, 2.45) is 5.73 Å². The summed E-state index contributed by atoms with van der Waals surface area (Å²) in [5.41, 5.74) is 11.5. The highest BCUT2D eigenvalue weighted by Crippen LogP contribution is 2.45. The maximum absolute atomic E-state index is 11.3. The molecule has 94 valence electrons. The van der Waals surface area contributed by atoms with Crippen LogP contribution >= 0.6 is 11.3 Å². The highest BCUT2D eigenvalue weighted by molar-refractivity contribution is 7.19. The average Bonchev–Trinajstić information content (AvgIpc) is 2.67. The summed E-state index contributed by atoms with van der Waals surface area (Å²) in [4.78, 5) is 13.9. The van der Waals surface area contributed by atoms with E-state index in [0.717, 1.165) is 30.9 Å². The first kappa shape index (κ1) is 12.0. The number of piperidine rings is 1. The minimum absolute atomic E-state index is 0.366. The van der Waals surface area contributed by atoms with E-state index in [4.69, 9.17) is 16.2 Å². The number of nitrogens with zero attached hydrogens (tertiary/aromatic N) is 1. The fourth-order valence-corrected chi connectivity index (χ4v) is 3.20. The smallest absolute Gasteiger partial charge is 0.261 e. The number of hydrogen-bond acceptors (Lipinski definition) is 5. The van der Waals surface area contributed by atoms with E-state index < -0.39 is 5.91 Å². The maximum atomic E-state index is 11.3. The van der Waals surface area contributed by atoms with Crippen LogP contribution in [0.15, 0.2) is 0 Å². The van der Waals surface area contributed by atoms with Crippen molar-refractivity contribution in [3.05, 3.63) is 4.88 Å². The molecule has 1 aromatic heterocycles. The molecule has 0 spiro atoms. The summed E-state index contributed by atoms with van der Waals surface area (Å²) in [6.45, 7) is 1.96. The lowest BCUT2D eigenvalue weighted by Gasteiger charge is -2.27. The second-order valence-electron chi connectivity index (χ2n) is 4.10. The zero-order valence-corrected chi connectivity index (χ0v) is 10.7. The van der Waals surface area contributed by atoms with Crippen molar-refractivity contribution >= 4 is 27.9 Å². The Labute approximate surface area is 104 Å². The first-order valence-electron chi connectivity index (χ1n) is 5.66. The molecule has 2 heterocycles. The number of hydrogen-bond donors (Lipinski definition) is 2. The number of ether oxygens (including phenoxy) is 1. The minimum atomic E-state index is -0.492. The standard InChI is InChI=1S/C11H17N3O2S/c1-16-8-7(12)9(10(13)15)17-11(8)14-5-3-2-4-6-14/h2-6,12H2,1H3,(H2,13,15). The van der Waals surface area contributed by atoms with E-state index in [2.05, 4.69) is 4.90 Å². The van der Waals surface area contributed by atoms with Crippen LogP contribution in [0.5, 0.6) is 5.75 Å². The van der Waals surface area contributed by atoms with Gasteiger partial charge in [0.05, 0.1) is 7.11 Å². The SMILES string of the molecule is COc1c(N2CCCCC2)sc(C(N)=O)c1N. The third-order valence-corrected chi connectivity index (χ3v) is 4.22. The van der Waals surface area contributed by atoms with Gasteiger partial charge < -0.3 is 21.1 Å². The zero-order chi connectivity index (χ0) is 12.4. The van der Waals surface area contributed by atoms with Crippen molar-refractivity contribution in [2.45, 2.75) is 19.3 Å². The summed E-state index contributed by atoms with van der Waals surface area (Å²) in [6, 6.07) is 0. The first-order valence-corrected chi connectivity index (χ1v) is 6.47. The Hall–Kier alpha value is -1.43. The highest BCUT2D eigenvalue weighted by Gasteiger charge is 2.24. The van der Waals surface area contributed by atoms with E-state index in [0.29, 0.717) is 16.3 Å². The molecule has 1 saturated heterocycles. The maximum Gasteiger partial charge on any atom is 0.261 e. The van der Waals surface area contributed by atoms with Gasteiger partial charge in [0, 0.05) is 13.1 Å². The van der Waals surface area contributed by atoms with Gasteiger partial charge in [-0.25, -0.2) is 0 Å². The zero-order valence-electron chi connectivity index (χ0n) is 9.86. The second-order valence-corrected chi connectivity index (χ2v) is 5.09. The average molecular weight is 255 g/mol. The van der Waals surface area contributed by atoms with Gasteiger partial charge in [-0.2, -0.15) is 0 Å². The Bertz CT molecular complexity index is 425. The van der Waals surface area contributed by atoms with Crippen LogP contribution < -0.4 is 21.1 Å². The molecule has 1 fully saturated rings. The summed E-state index contributed by atoms with van der Waals surface area (Å²) in [7, 11) is 1.57. The van der Waals surface area contributed by atoms with Gasteiger partial charge in [-0.3, -0.25) is 4.79 Å². The molecule has 1 aromatic rings. The van der Waals surface area contributed by atoms with E-state index >= 15 is 0 Å². The number of amides is 1. The van der Waals surface area contributed by atoms with Crippen molar-refractivity contribution < 1.29 is 9.53 Å². The fraction of sp³-hybridized carbons (Fsp3) is 0.545. The number of rotatable bonds is 3. The fourth-order valence-electron chi connectivity index (χ4n) is 2.10. The van der Waals surface area contributed by atoms with Crippen LogP contribution in [0.3, 0.4) is 0 Å². The van der Waals surface area contributed by atoms with Crippen molar-refractivity contribution in [1.29, 1.82) is 0 Å². The van der Waals surface area contributed by atoms with Gasteiger partial charge in [0.15, 0.2) is 5.75 Å². The van der Waals surface area contributed by atoms with Crippen molar-refractivity contribution in [2.75, 3.05) is 30.8 Å². The molecule has 0 unspecified atom stereocenters. The van der Waals surface area contributed by atoms with Crippen molar-refractivity contribution in [3.8, 4) is 5.75 Å². The molecular formula is C11H17N3O2S. The Morgan fingerprint density at radius 3 is 2.53 bits per heavy atom. The highest BCUT2D eigenvalue weighted by atomic mass is 32.1. The molecule has 0 atom stereocenters. The third kappa shape index (κ3) is 2.17. The number of thiophene rings is 1. The van der Waals surface area contributed by atoms with Gasteiger partial charge in [-0.05, 0) is 19.3 Å². The molecule has 1 amide bonds. The number of nitrogen functional groups attached to an aromatic ring is 1. The lowest BCUT2D eigenvalue weighted by atomic mass is 10.1. The molecule has 0 aromatic carbocycles. The topological polar surface area (TPSA) is 81.6 Å². The van der Waals surface area contributed by atoms with Gasteiger partial charge in [-0.1, -0.05) is 0 Å². The molecular weight excluding hydrogens is 238 g/mol. The quantitative estimate of drug-likeness (QED) is 0.856.